The van der Waals surface area contributed by atoms with Gasteiger partial charge < -0.3 is 19.5 Å². The average Bonchev–Trinajstić information content (AvgIpc) is 2.85. The van der Waals surface area contributed by atoms with Gasteiger partial charge >= 0.3 is 11.9 Å². The lowest BCUT2D eigenvalue weighted by atomic mass is 9.90. The molecule has 1 N–H and O–H groups in total. The molecule has 0 saturated heterocycles. The first-order chi connectivity index (χ1) is 17.1. The van der Waals surface area contributed by atoms with E-state index in [9.17, 15) is 14.4 Å². The second-order valence-electron chi connectivity index (χ2n) is 10.4. The Morgan fingerprint density at radius 1 is 0.972 bits per heavy atom. The van der Waals surface area contributed by atoms with E-state index < -0.39 is 31.5 Å². The van der Waals surface area contributed by atoms with Gasteiger partial charge in [0.1, 0.15) is 5.75 Å². The fraction of sp³-hybridized carbons (Fsp3) is 0.679. The minimum absolute atomic E-state index is 0.0331. The molecule has 0 unspecified atom stereocenters. The summed E-state index contributed by atoms with van der Waals surface area (Å²) in [5, 5.41) is 2.50. The molecule has 202 valence electrons. The summed E-state index contributed by atoms with van der Waals surface area (Å²) in [5.74, 6) is -1.31. The number of esters is 2. The lowest BCUT2D eigenvalue weighted by molar-refractivity contribution is -0.168. The van der Waals surface area contributed by atoms with Crippen molar-refractivity contribution >= 4 is 25.9 Å². The highest BCUT2D eigenvalue weighted by Crippen LogP contribution is 2.39. The molecule has 2 rings (SSSR count). The third-order valence-electron chi connectivity index (χ3n) is 7.29. The van der Waals surface area contributed by atoms with E-state index in [0.717, 1.165) is 23.3 Å². The van der Waals surface area contributed by atoms with E-state index in [-0.39, 0.29) is 19.6 Å². The van der Waals surface area contributed by atoms with E-state index >= 15 is 0 Å². The van der Waals surface area contributed by atoms with Gasteiger partial charge in [0.15, 0.2) is 0 Å². The Bertz CT molecular complexity index is 830. The van der Waals surface area contributed by atoms with E-state index in [1.54, 1.807) is 13.8 Å². The van der Waals surface area contributed by atoms with Gasteiger partial charge in [-0.2, -0.15) is 0 Å². The van der Waals surface area contributed by atoms with E-state index in [1.165, 1.54) is 45.1 Å². The monoisotopic (exact) mass is 519 g/mol. The van der Waals surface area contributed by atoms with Gasteiger partial charge in [0.2, 0.25) is 11.4 Å². The smallest absolute Gasteiger partial charge is 0.343 e. The maximum absolute atomic E-state index is 12.8. The van der Waals surface area contributed by atoms with Crippen LogP contribution in [0, 0.1) is 0 Å². The van der Waals surface area contributed by atoms with Crippen molar-refractivity contribution in [1.82, 2.24) is 5.32 Å². The first-order valence-corrected chi connectivity index (χ1v) is 16.8. The molecule has 1 aliphatic carbocycles. The molecule has 0 spiro atoms. The predicted molar refractivity (Wildman–Crippen MR) is 144 cm³/mol. The summed E-state index contributed by atoms with van der Waals surface area (Å²) in [5.41, 5.74) is -0.00179. The number of rotatable bonds is 14. The van der Waals surface area contributed by atoms with Gasteiger partial charge in [-0.1, -0.05) is 63.4 Å². The maximum Gasteiger partial charge on any atom is 0.343 e. The van der Waals surface area contributed by atoms with Crippen molar-refractivity contribution in [3.8, 4) is 5.75 Å². The number of benzene rings is 1. The van der Waals surface area contributed by atoms with E-state index in [0.29, 0.717) is 13.0 Å². The molecule has 0 atom stereocenters. The Balaban J connectivity index is 1.94. The van der Waals surface area contributed by atoms with Crippen LogP contribution in [0.15, 0.2) is 24.3 Å². The number of aryl methyl sites for hydroxylation is 1. The number of amides is 1. The molecule has 1 aromatic carbocycles. The molecule has 1 aliphatic rings. The third-order valence-corrected chi connectivity index (χ3v) is 11.7. The first-order valence-electron chi connectivity index (χ1n) is 13.5. The largest absolute Gasteiger partial charge is 0.494 e. The number of ether oxygens (including phenoxy) is 3. The van der Waals surface area contributed by atoms with Gasteiger partial charge in [0.05, 0.1) is 27.9 Å². The lowest BCUT2D eigenvalue weighted by Gasteiger charge is -2.35. The van der Waals surface area contributed by atoms with Gasteiger partial charge in [-0.05, 0) is 56.3 Å². The molecule has 1 amide bonds. The number of nitrogens with one attached hydrogen (secondary N) is 1. The minimum Gasteiger partial charge on any atom is -0.494 e. The molecule has 8 heteroatoms. The minimum atomic E-state index is -1.87. The van der Waals surface area contributed by atoms with Crippen molar-refractivity contribution in [2.24, 2.45) is 0 Å². The predicted octanol–water partition coefficient (Wildman–Crippen LogP) is 5.43. The zero-order valence-corrected chi connectivity index (χ0v) is 23.8. The molecule has 36 heavy (non-hydrogen) atoms. The zero-order valence-electron chi connectivity index (χ0n) is 22.8. The van der Waals surface area contributed by atoms with E-state index in [2.05, 4.69) is 18.4 Å². The molecular formula is C28H45NO6Si. The summed E-state index contributed by atoms with van der Waals surface area (Å²) in [6.07, 6.45) is 8.51. The zero-order chi connectivity index (χ0) is 26.6. The van der Waals surface area contributed by atoms with Crippen molar-refractivity contribution in [2.75, 3.05) is 19.8 Å². The molecule has 0 aromatic heterocycles. The maximum atomic E-state index is 12.8. The quantitative estimate of drug-likeness (QED) is 0.152. The number of carbonyl (C=O) groups is 3. The van der Waals surface area contributed by atoms with Gasteiger partial charge in [0, 0.05) is 6.92 Å². The van der Waals surface area contributed by atoms with Crippen LogP contribution >= 0.6 is 0 Å². The standard InChI is InChI=1S/C28H45NO6Si/c1-6-33-26(31)28(29-22(3)30,27(32)34-7-2)19-18-23-14-16-24(17-15-23)35-20-11-21-36(4,5)25-12-9-8-10-13-25/h14-17,25H,6-13,18-21H2,1-5H3,(H,29,30). The van der Waals surface area contributed by atoms with Crippen LogP contribution in [-0.2, 0) is 30.3 Å². The fourth-order valence-electron chi connectivity index (χ4n) is 5.15. The van der Waals surface area contributed by atoms with E-state index in [4.69, 9.17) is 14.2 Å². The fourth-order valence-corrected chi connectivity index (χ4v) is 8.59. The Morgan fingerprint density at radius 3 is 2.08 bits per heavy atom. The average molecular weight is 520 g/mol. The van der Waals surface area contributed by atoms with Crippen LogP contribution in [-0.4, -0.2) is 51.3 Å². The number of carbonyl (C=O) groups excluding carboxylic acids is 3. The summed E-state index contributed by atoms with van der Waals surface area (Å²) in [7, 11) is -1.21. The molecular weight excluding hydrogens is 474 g/mol. The highest BCUT2D eigenvalue weighted by Gasteiger charge is 2.49. The van der Waals surface area contributed by atoms with Crippen LogP contribution in [0.2, 0.25) is 24.7 Å². The lowest BCUT2D eigenvalue weighted by Crippen LogP contribution is -2.61. The van der Waals surface area contributed by atoms with Gasteiger partial charge in [-0.25, -0.2) is 9.59 Å². The van der Waals surface area contributed by atoms with Crippen LogP contribution < -0.4 is 10.1 Å². The highest BCUT2D eigenvalue weighted by atomic mass is 28.3. The Kier molecular flexibility index (Phi) is 12.0. The second-order valence-corrected chi connectivity index (χ2v) is 15.7. The van der Waals surface area contributed by atoms with Crippen LogP contribution in [0.5, 0.6) is 5.75 Å². The van der Waals surface area contributed by atoms with Gasteiger partial charge in [0.25, 0.3) is 0 Å². The summed E-state index contributed by atoms with van der Waals surface area (Å²) in [6.45, 7) is 10.5. The van der Waals surface area contributed by atoms with Crippen LogP contribution in [0.25, 0.3) is 0 Å². The molecule has 0 heterocycles. The van der Waals surface area contributed by atoms with Crippen molar-refractivity contribution < 1.29 is 28.6 Å². The summed E-state index contributed by atoms with van der Waals surface area (Å²) in [4.78, 5) is 37.4. The highest BCUT2D eigenvalue weighted by molar-refractivity contribution is 6.78. The Morgan fingerprint density at radius 2 is 1.56 bits per heavy atom. The molecule has 0 radical (unpaired) electrons. The Hall–Kier alpha value is -2.35. The molecule has 7 nitrogen and oxygen atoms in total. The van der Waals surface area contributed by atoms with Crippen molar-refractivity contribution in [3.05, 3.63) is 29.8 Å². The van der Waals surface area contributed by atoms with Crippen molar-refractivity contribution in [1.29, 1.82) is 0 Å². The van der Waals surface area contributed by atoms with E-state index in [1.807, 2.05) is 24.3 Å². The molecule has 1 fully saturated rings. The first kappa shape index (κ1) is 29.9. The van der Waals surface area contributed by atoms with Crippen molar-refractivity contribution in [3.63, 3.8) is 0 Å². The molecule has 1 aromatic rings. The topological polar surface area (TPSA) is 90.9 Å². The van der Waals surface area contributed by atoms with Crippen LogP contribution in [0.1, 0.15) is 71.3 Å². The van der Waals surface area contributed by atoms with Crippen LogP contribution in [0.3, 0.4) is 0 Å². The third kappa shape index (κ3) is 8.64. The second kappa shape index (κ2) is 14.4. The summed E-state index contributed by atoms with van der Waals surface area (Å²) < 4.78 is 16.3. The molecule has 0 bridgehead atoms. The van der Waals surface area contributed by atoms with Crippen LogP contribution in [0.4, 0.5) is 0 Å². The Labute approximate surface area is 217 Å². The number of hydrogen-bond acceptors (Lipinski definition) is 6. The number of hydrogen-bond donors (Lipinski definition) is 1. The van der Waals surface area contributed by atoms with Gasteiger partial charge in [-0.15, -0.1) is 0 Å². The summed E-state index contributed by atoms with van der Waals surface area (Å²) >= 11 is 0. The van der Waals surface area contributed by atoms with Gasteiger partial charge in [-0.3, -0.25) is 4.79 Å². The molecule has 1 saturated carbocycles. The SMILES string of the molecule is CCOC(=O)C(CCc1ccc(OCCC[Si](C)(C)C2CCCCC2)cc1)(NC(C)=O)C(=O)OCC. The normalized spacial score (nSPS) is 14.7. The van der Waals surface area contributed by atoms with Crippen molar-refractivity contribution in [2.45, 2.75) is 102 Å². The molecule has 0 aliphatic heterocycles. The summed E-state index contributed by atoms with van der Waals surface area (Å²) in [6, 6.07) is 8.96.